The van der Waals surface area contributed by atoms with Crippen LogP contribution in [-0.2, 0) is 0 Å². The molecule has 1 aromatic heterocycles. The molecule has 0 amide bonds. The lowest BCUT2D eigenvalue weighted by Gasteiger charge is -2.30. The predicted octanol–water partition coefficient (Wildman–Crippen LogP) is 2.35. The highest BCUT2D eigenvalue weighted by atomic mass is 32.2. The van der Waals surface area contributed by atoms with Gasteiger partial charge < -0.3 is 10.3 Å². The Morgan fingerprint density at radius 2 is 2.00 bits per heavy atom. The van der Waals surface area contributed by atoms with Crippen LogP contribution in [0.4, 0.5) is 11.6 Å². The fraction of sp³-hybridized carbons (Fsp3) is 0.667. The van der Waals surface area contributed by atoms with Crippen LogP contribution < -0.4 is 16.2 Å². The average Bonchev–Trinajstić information content (AvgIpc) is 2.34. The zero-order chi connectivity index (χ0) is 13.7. The standard InChI is InChI=1S/C12H23N5S/c1-8(2)7-17(9(3)4)11-6-10(16-13)14-12(15-11)18-5/h6,8-9H,7,13H2,1-5H3,(H,14,15,16). The summed E-state index contributed by atoms with van der Waals surface area (Å²) < 4.78 is 0. The van der Waals surface area contributed by atoms with Gasteiger partial charge in [-0.05, 0) is 26.0 Å². The highest BCUT2D eigenvalue weighted by molar-refractivity contribution is 7.98. The monoisotopic (exact) mass is 269 g/mol. The van der Waals surface area contributed by atoms with E-state index in [0.717, 1.165) is 17.5 Å². The van der Waals surface area contributed by atoms with E-state index in [4.69, 9.17) is 5.84 Å². The minimum Gasteiger partial charge on any atom is -0.354 e. The molecule has 0 spiro atoms. The summed E-state index contributed by atoms with van der Waals surface area (Å²) >= 11 is 1.52. The van der Waals surface area contributed by atoms with Gasteiger partial charge in [-0.15, -0.1) is 0 Å². The Bertz CT molecular complexity index is 358. The van der Waals surface area contributed by atoms with E-state index >= 15 is 0 Å². The molecule has 0 atom stereocenters. The minimum atomic E-state index is 0.391. The second kappa shape index (κ2) is 6.80. The third kappa shape index (κ3) is 4.03. The first-order chi connectivity index (χ1) is 8.47. The van der Waals surface area contributed by atoms with Gasteiger partial charge in [-0.2, -0.15) is 0 Å². The molecule has 0 bridgehead atoms. The van der Waals surface area contributed by atoms with Crippen LogP contribution in [0.25, 0.3) is 0 Å². The Hall–Kier alpha value is -1.01. The molecule has 0 aliphatic rings. The van der Waals surface area contributed by atoms with Gasteiger partial charge in [-0.1, -0.05) is 25.6 Å². The molecule has 3 N–H and O–H groups in total. The van der Waals surface area contributed by atoms with Crippen molar-refractivity contribution in [3.8, 4) is 0 Å². The summed E-state index contributed by atoms with van der Waals surface area (Å²) in [7, 11) is 0. The van der Waals surface area contributed by atoms with E-state index in [1.54, 1.807) is 0 Å². The molecule has 0 aromatic carbocycles. The third-order valence-corrected chi connectivity index (χ3v) is 3.05. The van der Waals surface area contributed by atoms with Crippen molar-refractivity contribution in [2.24, 2.45) is 11.8 Å². The molecule has 0 fully saturated rings. The molecule has 0 aliphatic heterocycles. The lowest BCUT2D eigenvalue weighted by atomic mass is 10.2. The van der Waals surface area contributed by atoms with Crippen LogP contribution in [-0.4, -0.2) is 28.8 Å². The summed E-state index contributed by atoms with van der Waals surface area (Å²) in [6, 6.07) is 2.28. The Kier molecular flexibility index (Phi) is 5.68. The maximum atomic E-state index is 5.45. The largest absolute Gasteiger partial charge is 0.354 e. The van der Waals surface area contributed by atoms with Gasteiger partial charge in [0.05, 0.1) is 0 Å². The fourth-order valence-corrected chi connectivity index (χ4v) is 2.06. The Balaban J connectivity index is 3.09. The zero-order valence-electron chi connectivity index (χ0n) is 11.8. The first kappa shape index (κ1) is 15.0. The van der Waals surface area contributed by atoms with Crippen LogP contribution in [0, 0.1) is 5.92 Å². The topological polar surface area (TPSA) is 67.1 Å². The number of hydrogen-bond acceptors (Lipinski definition) is 6. The summed E-state index contributed by atoms with van der Waals surface area (Å²) in [6.07, 6.45) is 1.96. The van der Waals surface area contributed by atoms with Crippen LogP contribution in [0.1, 0.15) is 27.7 Å². The molecule has 6 heteroatoms. The molecule has 18 heavy (non-hydrogen) atoms. The lowest BCUT2D eigenvalue weighted by Crippen LogP contribution is -2.35. The first-order valence-corrected chi connectivity index (χ1v) is 7.36. The van der Waals surface area contributed by atoms with Crippen LogP contribution in [0.2, 0.25) is 0 Å². The number of hydrogen-bond donors (Lipinski definition) is 2. The summed E-state index contributed by atoms with van der Waals surface area (Å²) in [4.78, 5) is 11.1. The number of nitrogens with one attached hydrogen (secondary N) is 1. The van der Waals surface area contributed by atoms with Gasteiger partial charge in [0.25, 0.3) is 0 Å². The number of nitrogen functional groups attached to an aromatic ring is 1. The predicted molar refractivity (Wildman–Crippen MR) is 78.9 cm³/mol. The molecule has 102 valence electrons. The average molecular weight is 269 g/mol. The van der Waals surface area contributed by atoms with Crippen molar-refractivity contribution in [1.82, 2.24) is 9.97 Å². The molecule has 0 saturated heterocycles. The van der Waals surface area contributed by atoms with E-state index in [2.05, 4.69) is 48.0 Å². The van der Waals surface area contributed by atoms with E-state index < -0.39 is 0 Å². The van der Waals surface area contributed by atoms with Gasteiger partial charge in [0.15, 0.2) is 5.16 Å². The molecular weight excluding hydrogens is 246 g/mol. The quantitative estimate of drug-likeness (QED) is 0.358. The molecule has 0 unspecified atom stereocenters. The van der Waals surface area contributed by atoms with Crippen molar-refractivity contribution < 1.29 is 0 Å². The Morgan fingerprint density at radius 3 is 2.44 bits per heavy atom. The summed E-state index contributed by atoms with van der Waals surface area (Å²) in [5.41, 5.74) is 2.60. The lowest BCUT2D eigenvalue weighted by molar-refractivity contribution is 0.564. The number of anilines is 2. The normalized spacial score (nSPS) is 11.1. The van der Waals surface area contributed by atoms with Crippen molar-refractivity contribution in [1.29, 1.82) is 0 Å². The van der Waals surface area contributed by atoms with Crippen LogP contribution in [0.3, 0.4) is 0 Å². The Labute approximate surface area is 114 Å². The van der Waals surface area contributed by atoms with Crippen molar-refractivity contribution in [3.63, 3.8) is 0 Å². The molecular formula is C12H23N5S. The maximum Gasteiger partial charge on any atom is 0.191 e. The highest BCUT2D eigenvalue weighted by Gasteiger charge is 2.15. The SMILES string of the molecule is CSc1nc(NN)cc(N(CC(C)C)C(C)C)n1. The van der Waals surface area contributed by atoms with Crippen molar-refractivity contribution in [2.75, 3.05) is 23.1 Å². The molecule has 0 radical (unpaired) electrons. The molecule has 5 nitrogen and oxygen atoms in total. The fourth-order valence-electron chi connectivity index (χ4n) is 1.69. The number of aromatic nitrogens is 2. The second-order valence-corrected chi connectivity index (χ2v) is 5.66. The minimum absolute atomic E-state index is 0.391. The van der Waals surface area contributed by atoms with Crippen LogP contribution in [0.5, 0.6) is 0 Å². The van der Waals surface area contributed by atoms with E-state index in [0.29, 0.717) is 17.8 Å². The van der Waals surface area contributed by atoms with Gasteiger partial charge in [-0.3, -0.25) is 0 Å². The van der Waals surface area contributed by atoms with Gasteiger partial charge >= 0.3 is 0 Å². The van der Waals surface area contributed by atoms with Crippen molar-refractivity contribution in [3.05, 3.63) is 6.07 Å². The molecule has 1 rings (SSSR count). The van der Waals surface area contributed by atoms with Crippen LogP contribution in [0.15, 0.2) is 11.2 Å². The van der Waals surface area contributed by atoms with Gasteiger partial charge in [0.2, 0.25) is 0 Å². The number of thioether (sulfide) groups is 1. The number of nitrogens with zero attached hydrogens (tertiary/aromatic N) is 3. The number of nitrogens with two attached hydrogens (primary N) is 1. The van der Waals surface area contributed by atoms with Crippen LogP contribution >= 0.6 is 11.8 Å². The van der Waals surface area contributed by atoms with Gasteiger partial charge in [0, 0.05) is 18.7 Å². The molecule has 0 saturated carbocycles. The third-order valence-electron chi connectivity index (χ3n) is 2.50. The summed E-state index contributed by atoms with van der Waals surface area (Å²) in [5.74, 6) is 7.60. The number of rotatable bonds is 6. The smallest absolute Gasteiger partial charge is 0.191 e. The van der Waals surface area contributed by atoms with Crippen molar-refractivity contribution >= 4 is 23.4 Å². The second-order valence-electron chi connectivity index (χ2n) is 4.88. The highest BCUT2D eigenvalue weighted by Crippen LogP contribution is 2.22. The van der Waals surface area contributed by atoms with Crippen molar-refractivity contribution in [2.45, 2.75) is 38.9 Å². The summed E-state index contributed by atoms with van der Waals surface area (Å²) in [6.45, 7) is 9.70. The van der Waals surface area contributed by atoms with Gasteiger partial charge in [0.1, 0.15) is 11.6 Å². The summed E-state index contributed by atoms with van der Waals surface area (Å²) in [5, 5.41) is 0.731. The molecule has 1 aromatic rings. The Morgan fingerprint density at radius 1 is 1.33 bits per heavy atom. The van der Waals surface area contributed by atoms with E-state index in [-0.39, 0.29) is 0 Å². The maximum absolute atomic E-state index is 5.45. The van der Waals surface area contributed by atoms with Gasteiger partial charge in [-0.25, -0.2) is 15.8 Å². The zero-order valence-corrected chi connectivity index (χ0v) is 12.6. The first-order valence-electron chi connectivity index (χ1n) is 6.14. The van der Waals surface area contributed by atoms with E-state index in [1.165, 1.54) is 11.8 Å². The van der Waals surface area contributed by atoms with E-state index in [9.17, 15) is 0 Å². The molecule has 0 aliphatic carbocycles. The molecule has 1 heterocycles. The number of hydrazine groups is 1. The van der Waals surface area contributed by atoms with E-state index in [1.807, 2.05) is 12.3 Å².